The Hall–Kier alpha value is -1.59. The highest BCUT2D eigenvalue weighted by atomic mass is 35.5. The zero-order valence-corrected chi connectivity index (χ0v) is 13.9. The molecule has 1 aliphatic heterocycles. The number of benzene rings is 1. The summed E-state index contributed by atoms with van der Waals surface area (Å²) < 4.78 is 0. The summed E-state index contributed by atoms with van der Waals surface area (Å²) in [4.78, 5) is 23.3. The Bertz CT molecular complexity index is 547. The molecule has 1 heterocycles. The Morgan fingerprint density at radius 1 is 1.17 bits per heavy atom. The van der Waals surface area contributed by atoms with E-state index in [1.54, 1.807) is 12.1 Å². The summed E-state index contributed by atoms with van der Waals surface area (Å²) in [7, 11) is 0. The second kappa shape index (κ2) is 7.79. The number of nitrogens with one attached hydrogen (secondary N) is 2. The van der Waals surface area contributed by atoms with E-state index < -0.39 is 5.91 Å². The Kier molecular flexibility index (Phi) is 6.02. The Labute approximate surface area is 142 Å². The van der Waals surface area contributed by atoms with Gasteiger partial charge in [0.05, 0.1) is 6.04 Å². The van der Waals surface area contributed by atoms with Crippen LogP contribution in [0.4, 0.5) is 0 Å². The smallest absolute Gasteiger partial charge is 0.248 e. The van der Waals surface area contributed by atoms with E-state index in [9.17, 15) is 9.59 Å². The van der Waals surface area contributed by atoms with E-state index in [0.717, 1.165) is 12.0 Å². The normalized spacial score (nSPS) is 26.0. The largest absolute Gasteiger partial charge is 0.366 e. The number of rotatable bonds is 4. The molecule has 23 heavy (non-hydrogen) atoms. The monoisotopic (exact) mass is 337 g/mol. The van der Waals surface area contributed by atoms with Crippen molar-refractivity contribution in [2.24, 2.45) is 11.7 Å². The van der Waals surface area contributed by atoms with Gasteiger partial charge in [-0.3, -0.25) is 9.59 Å². The Balaban J connectivity index is 0.00000192. The van der Waals surface area contributed by atoms with Crippen molar-refractivity contribution in [3.8, 4) is 0 Å². The van der Waals surface area contributed by atoms with Crippen LogP contribution in [0.5, 0.6) is 0 Å². The summed E-state index contributed by atoms with van der Waals surface area (Å²) in [5.74, 6) is 0.307. The van der Waals surface area contributed by atoms with Gasteiger partial charge in [0.2, 0.25) is 11.8 Å². The van der Waals surface area contributed by atoms with Gasteiger partial charge in [0.15, 0.2) is 0 Å². The van der Waals surface area contributed by atoms with Gasteiger partial charge in [-0.2, -0.15) is 0 Å². The minimum Gasteiger partial charge on any atom is -0.366 e. The van der Waals surface area contributed by atoms with E-state index >= 15 is 0 Å². The van der Waals surface area contributed by atoms with Crippen LogP contribution in [0.3, 0.4) is 0 Å². The fourth-order valence-corrected chi connectivity index (χ4v) is 3.62. The highest BCUT2D eigenvalue weighted by Crippen LogP contribution is 2.33. The van der Waals surface area contributed by atoms with Gasteiger partial charge in [-0.1, -0.05) is 25.0 Å². The van der Waals surface area contributed by atoms with Crippen molar-refractivity contribution in [2.45, 2.75) is 50.7 Å². The van der Waals surface area contributed by atoms with Crippen LogP contribution in [-0.4, -0.2) is 23.9 Å². The first-order valence-electron chi connectivity index (χ1n) is 8.06. The van der Waals surface area contributed by atoms with Crippen molar-refractivity contribution < 1.29 is 9.59 Å². The molecule has 0 aromatic heterocycles. The van der Waals surface area contributed by atoms with Crippen LogP contribution in [-0.2, 0) is 11.3 Å². The molecule has 2 aliphatic rings. The second-order valence-electron chi connectivity index (χ2n) is 6.38. The van der Waals surface area contributed by atoms with Crippen molar-refractivity contribution in [2.75, 3.05) is 0 Å². The first kappa shape index (κ1) is 17.8. The van der Waals surface area contributed by atoms with Crippen LogP contribution in [0.1, 0.15) is 48.0 Å². The highest BCUT2D eigenvalue weighted by molar-refractivity contribution is 5.92. The summed E-state index contributed by atoms with van der Waals surface area (Å²) in [5, 5.41) is 6.46. The lowest BCUT2D eigenvalue weighted by Crippen LogP contribution is -2.42. The van der Waals surface area contributed by atoms with Crippen molar-refractivity contribution in [3.05, 3.63) is 35.4 Å². The number of primary amides is 1. The molecule has 2 fully saturated rings. The van der Waals surface area contributed by atoms with E-state index in [2.05, 4.69) is 10.6 Å². The van der Waals surface area contributed by atoms with Gasteiger partial charge in [-0.15, -0.1) is 12.4 Å². The minimum absolute atomic E-state index is 0. The number of hydrogen-bond donors (Lipinski definition) is 3. The third-order valence-corrected chi connectivity index (χ3v) is 4.88. The maximum atomic E-state index is 12.3. The van der Waals surface area contributed by atoms with Gasteiger partial charge in [0.25, 0.3) is 0 Å². The molecule has 1 aromatic carbocycles. The summed E-state index contributed by atoms with van der Waals surface area (Å²) in [6.07, 6.45) is 5.97. The Morgan fingerprint density at radius 3 is 2.52 bits per heavy atom. The van der Waals surface area contributed by atoms with Crippen LogP contribution < -0.4 is 16.4 Å². The van der Waals surface area contributed by atoms with Crippen molar-refractivity contribution in [1.82, 2.24) is 10.6 Å². The number of fused-ring (bicyclic) bond motifs is 1. The zero-order valence-electron chi connectivity index (χ0n) is 13.1. The standard InChI is InChI=1S/C17H23N3O2.ClH/c18-16(21)12-7-5-11(6-8-12)10-19-17(22)15-9-13-3-1-2-4-14(13)20-15;/h5-8,13-15,20H,1-4,9-10H2,(H2,18,21)(H,19,22);1H. The molecule has 0 radical (unpaired) electrons. The van der Waals surface area contributed by atoms with Gasteiger partial charge >= 0.3 is 0 Å². The van der Waals surface area contributed by atoms with Crippen molar-refractivity contribution >= 4 is 24.2 Å². The van der Waals surface area contributed by atoms with Crippen LogP contribution in [0.15, 0.2) is 24.3 Å². The van der Waals surface area contributed by atoms with Crippen LogP contribution >= 0.6 is 12.4 Å². The molecule has 5 nitrogen and oxygen atoms in total. The lowest BCUT2D eigenvalue weighted by Gasteiger charge is -2.24. The molecule has 3 unspecified atom stereocenters. The molecule has 126 valence electrons. The summed E-state index contributed by atoms with van der Waals surface area (Å²) in [5.41, 5.74) is 6.66. The molecule has 1 saturated carbocycles. The maximum absolute atomic E-state index is 12.3. The number of amides is 2. The topological polar surface area (TPSA) is 84.2 Å². The predicted molar refractivity (Wildman–Crippen MR) is 91.3 cm³/mol. The van der Waals surface area contributed by atoms with Crippen LogP contribution in [0.25, 0.3) is 0 Å². The van der Waals surface area contributed by atoms with E-state index in [1.165, 1.54) is 25.7 Å². The SMILES string of the molecule is Cl.NC(=O)c1ccc(CNC(=O)C2CC3CCCCC3N2)cc1. The highest BCUT2D eigenvalue weighted by Gasteiger charge is 2.37. The first-order chi connectivity index (χ1) is 10.6. The quantitative estimate of drug-likeness (QED) is 0.782. The van der Waals surface area contributed by atoms with E-state index in [4.69, 9.17) is 5.73 Å². The van der Waals surface area contributed by atoms with Gasteiger partial charge in [0, 0.05) is 18.2 Å². The fraction of sp³-hybridized carbons (Fsp3) is 0.529. The fourth-order valence-electron chi connectivity index (χ4n) is 3.62. The second-order valence-corrected chi connectivity index (χ2v) is 6.38. The summed E-state index contributed by atoms with van der Waals surface area (Å²) in [6.45, 7) is 0.478. The molecule has 3 atom stereocenters. The molecule has 4 N–H and O–H groups in total. The van der Waals surface area contributed by atoms with Gasteiger partial charge in [0.1, 0.15) is 0 Å². The predicted octanol–water partition coefficient (Wildman–Crippen LogP) is 1.74. The molecule has 0 bridgehead atoms. The number of halogens is 1. The van der Waals surface area contributed by atoms with E-state index in [1.807, 2.05) is 12.1 Å². The third kappa shape index (κ3) is 4.24. The molecule has 1 aliphatic carbocycles. The van der Waals surface area contributed by atoms with E-state index in [-0.39, 0.29) is 24.4 Å². The van der Waals surface area contributed by atoms with Gasteiger partial charge in [-0.05, 0) is 42.9 Å². The van der Waals surface area contributed by atoms with Crippen molar-refractivity contribution in [1.29, 1.82) is 0 Å². The first-order valence-corrected chi connectivity index (χ1v) is 8.06. The molecule has 3 rings (SSSR count). The lowest BCUT2D eigenvalue weighted by molar-refractivity contribution is -0.123. The number of hydrogen-bond acceptors (Lipinski definition) is 3. The molecular weight excluding hydrogens is 314 g/mol. The minimum atomic E-state index is -0.437. The average Bonchev–Trinajstić information content (AvgIpc) is 2.97. The number of nitrogens with two attached hydrogens (primary N) is 1. The molecule has 1 saturated heterocycles. The number of carbonyl (C=O) groups is 2. The third-order valence-electron chi connectivity index (χ3n) is 4.88. The van der Waals surface area contributed by atoms with Crippen LogP contribution in [0.2, 0.25) is 0 Å². The van der Waals surface area contributed by atoms with Crippen LogP contribution in [0, 0.1) is 5.92 Å². The van der Waals surface area contributed by atoms with Crippen molar-refractivity contribution in [3.63, 3.8) is 0 Å². The van der Waals surface area contributed by atoms with E-state index in [0.29, 0.717) is 24.1 Å². The molecule has 6 heteroatoms. The maximum Gasteiger partial charge on any atom is 0.248 e. The zero-order chi connectivity index (χ0) is 15.5. The molecule has 0 spiro atoms. The Morgan fingerprint density at radius 2 is 1.87 bits per heavy atom. The summed E-state index contributed by atoms with van der Waals surface area (Å²) in [6, 6.07) is 7.49. The lowest BCUT2D eigenvalue weighted by atomic mass is 9.85. The molecule has 1 aromatic rings. The van der Waals surface area contributed by atoms with Gasteiger partial charge < -0.3 is 16.4 Å². The number of carbonyl (C=O) groups excluding carboxylic acids is 2. The van der Waals surface area contributed by atoms with Gasteiger partial charge in [-0.25, -0.2) is 0 Å². The molecule has 2 amide bonds. The summed E-state index contributed by atoms with van der Waals surface area (Å²) >= 11 is 0. The molecular formula is C17H24ClN3O2. The average molecular weight is 338 g/mol.